The van der Waals surface area contributed by atoms with E-state index in [0.29, 0.717) is 5.56 Å². The molecule has 3 aliphatic carbocycles. The Hall–Kier alpha value is -3.68. The van der Waals surface area contributed by atoms with Crippen molar-refractivity contribution in [1.29, 1.82) is 5.26 Å². The third-order valence-electron chi connectivity index (χ3n) is 6.72. The number of phenols is 1. The topological polar surface area (TPSA) is 185 Å². The molecule has 6 N–H and O–H groups in total. The van der Waals surface area contributed by atoms with E-state index in [2.05, 4.69) is 0 Å². The molecule has 0 aromatic heterocycles. The van der Waals surface area contributed by atoms with Crippen LogP contribution >= 0.6 is 0 Å². The first-order valence-corrected chi connectivity index (χ1v) is 9.86. The molecule has 0 bridgehead atoms. The van der Waals surface area contributed by atoms with Crippen molar-refractivity contribution in [3.8, 4) is 11.8 Å². The second-order valence-corrected chi connectivity index (χ2v) is 8.56. The number of carbonyl (C=O) groups is 3. The summed E-state index contributed by atoms with van der Waals surface area (Å²) in [5.74, 6) is -7.14. The first-order chi connectivity index (χ1) is 15.0. The molecule has 32 heavy (non-hydrogen) atoms. The van der Waals surface area contributed by atoms with Crippen LogP contribution in [0, 0.1) is 23.2 Å². The van der Waals surface area contributed by atoms with Gasteiger partial charge in [0.1, 0.15) is 22.8 Å². The maximum atomic E-state index is 13.6. The Kier molecular flexibility index (Phi) is 4.66. The number of Topliss-reactive ketones (excluding diaryl/α,β-unsaturated/α-hetero) is 2. The molecular weight excluding hydrogens is 418 g/mol. The molecule has 1 aromatic rings. The normalized spacial score (nSPS) is 29.4. The fraction of sp³-hybridized carbons (Fsp3) is 0.364. The van der Waals surface area contributed by atoms with E-state index in [1.807, 2.05) is 6.07 Å². The van der Waals surface area contributed by atoms with Crippen LogP contribution in [0.15, 0.2) is 29.0 Å². The van der Waals surface area contributed by atoms with Gasteiger partial charge in [-0.2, -0.15) is 5.26 Å². The number of aromatic hydroxyl groups is 1. The van der Waals surface area contributed by atoms with Crippen LogP contribution in [-0.4, -0.2) is 68.5 Å². The molecule has 0 heterocycles. The van der Waals surface area contributed by atoms with Crippen molar-refractivity contribution in [2.45, 2.75) is 24.5 Å². The minimum atomic E-state index is -2.67. The van der Waals surface area contributed by atoms with E-state index in [1.54, 1.807) is 0 Å². The number of amides is 1. The van der Waals surface area contributed by atoms with E-state index in [4.69, 9.17) is 5.73 Å². The minimum Gasteiger partial charge on any atom is -0.508 e. The lowest BCUT2D eigenvalue weighted by Crippen LogP contribution is -2.65. The summed E-state index contributed by atoms with van der Waals surface area (Å²) >= 11 is 0. The largest absolute Gasteiger partial charge is 0.508 e. The second kappa shape index (κ2) is 6.91. The molecule has 4 atom stereocenters. The molecule has 10 heteroatoms. The molecule has 0 radical (unpaired) electrons. The monoisotopic (exact) mass is 439 g/mol. The molecule has 4 rings (SSSR count). The zero-order valence-corrected chi connectivity index (χ0v) is 17.3. The number of nitriles is 1. The molecule has 0 unspecified atom stereocenters. The van der Waals surface area contributed by atoms with E-state index in [-0.39, 0.29) is 35.3 Å². The first kappa shape index (κ1) is 21.5. The van der Waals surface area contributed by atoms with E-state index < -0.39 is 58.0 Å². The number of likely N-dealkylation sites (N-methyl/N-ethyl adjacent to an activating group) is 1. The van der Waals surface area contributed by atoms with Crippen molar-refractivity contribution < 1.29 is 34.8 Å². The molecule has 166 valence electrons. The summed E-state index contributed by atoms with van der Waals surface area (Å²) in [5, 5.41) is 52.8. The van der Waals surface area contributed by atoms with Gasteiger partial charge >= 0.3 is 0 Å². The van der Waals surface area contributed by atoms with E-state index in [1.165, 1.54) is 31.1 Å². The van der Waals surface area contributed by atoms with E-state index in [0.717, 1.165) is 0 Å². The summed E-state index contributed by atoms with van der Waals surface area (Å²) < 4.78 is 0. The van der Waals surface area contributed by atoms with Gasteiger partial charge < -0.3 is 26.2 Å². The number of primary amides is 1. The fourth-order valence-electron chi connectivity index (χ4n) is 5.35. The number of phenolic OH excluding ortho intramolecular Hbond substituents is 1. The zero-order valence-electron chi connectivity index (χ0n) is 17.3. The summed E-state index contributed by atoms with van der Waals surface area (Å²) in [7, 11) is 3.05. The number of aliphatic hydroxyl groups is 3. The van der Waals surface area contributed by atoms with Gasteiger partial charge in [-0.05, 0) is 50.6 Å². The highest BCUT2D eigenvalue weighted by atomic mass is 16.3. The first-order valence-electron chi connectivity index (χ1n) is 9.86. The SMILES string of the molecule is CN(C)[C@H]1C(=O)C(C(N)=O)=C(O)[C@@]2(O)C(=O)C3=C(O)c4c(O)ccc(C#N)c4C[C@H]3C[C@H]12. The van der Waals surface area contributed by atoms with E-state index >= 15 is 0 Å². The van der Waals surface area contributed by atoms with Crippen LogP contribution in [0.1, 0.15) is 23.1 Å². The number of rotatable bonds is 2. The molecule has 0 saturated heterocycles. The Balaban J connectivity index is 2.00. The van der Waals surface area contributed by atoms with Crippen molar-refractivity contribution in [2.24, 2.45) is 17.6 Å². The molecule has 0 aliphatic heterocycles. The van der Waals surface area contributed by atoms with Crippen molar-refractivity contribution in [3.05, 3.63) is 45.7 Å². The standard InChI is InChI=1S/C22H21N3O7/c1-25(2)16-11-6-9-5-10-8(7-23)3-4-12(26)14(10)17(27)13(9)19(29)22(11,32)20(30)15(18(16)28)21(24)31/h3-4,9,11,16,26-27,30,32H,5-6H2,1-2H3,(H2,24,31)/t9-,11+,16+,22-/m0/s1. The number of hydrogen-bond donors (Lipinski definition) is 5. The van der Waals surface area contributed by atoms with Gasteiger partial charge in [0.2, 0.25) is 5.78 Å². The third kappa shape index (κ3) is 2.55. The number of nitrogens with zero attached hydrogens (tertiary/aromatic N) is 2. The number of carbonyl (C=O) groups excluding carboxylic acids is 3. The lowest BCUT2D eigenvalue weighted by Gasteiger charge is -2.50. The lowest BCUT2D eigenvalue weighted by molar-refractivity contribution is -0.153. The van der Waals surface area contributed by atoms with Crippen molar-refractivity contribution in [1.82, 2.24) is 4.90 Å². The van der Waals surface area contributed by atoms with Crippen molar-refractivity contribution in [2.75, 3.05) is 14.1 Å². The highest BCUT2D eigenvalue weighted by molar-refractivity contribution is 6.24. The predicted octanol–water partition coefficient (Wildman–Crippen LogP) is -0.164. The average Bonchev–Trinajstić information content (AvgIpc) is 2.70. The maximum Gasteiger partial charge on any atom is 0.255 e. The van der Waals surface area contributed by atoms with Crippen LogP contribution in [0.25, 0.3) is 5.76 Å². The third-order valence-corrected chi connectivity index (χ3v) is 6.72. The van der Waals surface area contributed by atoms with Crippen molar-refractivity contribution >= 4 is 23.2 Å². The van der Waals surface area contributed by atoms with Crippen molar-refractivity contribution in [3.63, 3.8) is 0 Å². The summed E-state index contributed by atoms with van der Waals surface area (Å²) in [6, 6.07) is 3.45. The summed E-state index contributed by atoms with van der Waals surface area (Å²) in [6.45, 7) is 0. The Morgan fingerprint density at radius 3 is 2.47 bits per heavy atom. The smallest absolute Gasteiger partial charge is 0.255 e. The number of nitrogens with two attached hydrogens (primary N) is 1. The van der Waals surface area contributed by atoms with Gasteiger partial charge in [0, 0.05) is 11.5 Å². The van der Waals surface area contributed by atoms with Gasteiger partial charge in [-0.15, -0.1) is 0 Å². The quantitative estimate of drug-likeness (QED) is 0.390. The molecule has 10 nitrogen and oxygen atoms in total. The Labute approximate surface area is 182 Å². The van der Waals surface area contributed by atoms with Gasteiger partial charge in [0.25, 0.3) is 5.91 Å². The van der Waals surface area contributed by atoms with E-state index in [9.17, 15) is 40.1 Å². The van der Waals surface area contributed by atoms with Gasteiger partial charge in [-0.1, -0.05) is 0 Å². The molecule has 1 aromatic carbocycles. The van der Waals surface area contributed by atoms with Crippen LogP contribution < -0.4 is 5.73 Å². The molecule has 0 spiro atoms. The Morgan fingerprint density at radius 1 is 1.25 bits per heavy atom. The Bertz CT molecular complexity index is 1210. The summed E-state index contributed by atoms with van der Waals surface area (Å²) in [5.41, 5.74) is 1.94. The van der Waals surface area contributed by atoms with Gasteiger partial charge in [0.05, 0.1) is 23.2 Å². The van der Waals surface area contributed by atoms with Crippen LogP contribution in [0.2, 0.25) is 0 Å². The number of aliphatic hydroxyl groups excluding tert-OH is 2. The fourth-order valence-corrected chi connectivity index (χ4v) is 5.35. The molecular formula is C22H21N3O7. The second-order valence-electron chi connectivity index (χ2n) is 8.56. The minimum absolute atomic E-state index is 0.0215. The molecule has 3 aliphatic rings. The average molecular weight is 439 g/mol. The van der Waals surface area contributed by atoms with Crippen LogP contribution in [0.4, 0.5) is 0 Å². The van der Waals surface area contributed by atoms with Gasteiger partial charge in [0.15, 0.2) is 11.4 Å². The summed E-state index contributed by atoms with van der Waals surface area (Å²) in [4.78, 5) is 39.9. The number of hydrogen-bond acceptors (Lipinski definition) is 9. The molecule has 1 saturated carbocycles. The van der Waals surface area contributed by atoms with Crippen LogP contribution in [0.3, 0.4) is 0 Å². The van der Waals surface area contributed by atoms with Gasteiger partial charge in [-0.25, -0.2) is 0 Å². The van der Waals surface area contributed by atoms with Gasteiger partial charge in [-0.3, -0.25) is 19.3 Å². The Morgan fingerprint density at radius 2 is 1.91 bits per heavy atom. The maximum absolute atomic E-state index is 13.6. The summed E-state index contributed by atoms with van der Waals surface area (Å²) in [6.07, 6.45) is 0.0676. The molecule has 1 fully saturated rings. The highest BCUT2D eigenvalue weighted by Gasteiger charge is 2.64. The van der Waals surface area contributed by atoms with Crippen LogP contribution in [-0.2, 0) is 20.8 Å². The predicted molar refractivity (Wildman–Crippen MR) is 109 cm³/mol. The number of fused-ring (bicyclic) bond motifs is 3. The molecule has 1 amide bonds. The van der Waals surface area contributed by atoms with Crippen LogP contribution in [0.5, 0.6) is 5.75 Å². The number of ketones is 2. The number of benzene rings is 1. The highest BCUT2D eigenvalue weighted by Crippen LogP contribution is 2.52. The zero-order chi connectivity index (χ0) is 23.7. The lowest BCUT2D eigenvalue weighted by atomic mass is 9.57.